The lowest BCUT2D eigenvalue weighted by molar-refractivity contribution is 0.0950. The third kappa shape index (κ3) is 4.58. The lowest BCUT2D eigenvalue weighted by Crippen LogP contribution is -2.25. The highest BCUT2D eigenvalue weighted by atomic mass is 19.1. The molecule has 2 aromatic carbocycles. The molecule has 0 radical (unpaired) electrons. The number of H-pyrrole nitrogens is 1. The monoisotopic (exact) mass is 370 g/mol. The van der Waals surface area contributed by atoms with E-state index in [2.05, 4.69) is 10.3 Å². The minimum absolute atomic E-state index is 0.220. The Labute approximate surface area is 157 Å². The summed E-state index contributed by atoms with van der Waals surface area (Å²) in [6.07, 6.45) is 0.660. The summed E-state index contributed by atoms with van der Waals surface area (Å²) in [5.41, 5.74) is 2.19. The summed E-state index contributed by atoms with van der Waals surface area (Å²) in [7, 11) is 0. The molecule has 2 N–H and O–H groups in total. The van der Waals surface area contributed by atoms with E-state index in [0.717, 1.165) is 16.8 Å². The van der Waals surface area contributed by atoms with Crippen LogP contribution in [0.15, 0.2) is 42.5 Å². The molecule has 0 aliphatic rings. The predicted octanol–water partition coefficient (Wildman–Crippen LogP) is 4.08. The van der Waals surface area contributed by atoms with Crippen LogP contribution in [0.25, 0.3) is 10.9 Å². The average molecular weight is 370 g/mol. The Hall–Kier alpha value is -3.02. The highest BCUT2D eigenvalue weighted by Gasteiger charge is 2.10. The maximum absolute atomic E-state index is 13.3. The van der Waals surface area contributed by atoms with Gasteiger partial charge in [-0.3, -0.25) is 4.79 Å². The molecule has 3 rings (SSSR count). The van der Waals surface area contributed by atoms with Crippen LogP contribution in [0.3, 0.4) is 0 Å². The molecule has 0 atom stereocenters. The molecule has 1 heterocycles. The van der Waals surface area contributed by atoms with Crippen molar-refractivity contribution in [1.82, 2.24) is 10.3 Å². The molecule has 1 amide bonds. The van der Waals surface area contributed by atoms with Crippen molar-refractivity contribution in [3.63, 3.8) is 0 Å². The van der Waals surface area contributed by atoms with Crippen molar-refractivity contribution < 1.29 is 18.7 Å². The van der Waals surface area contributed by atoms with Crippen molar-refractivity contribution >= 4 is 16.8 Å². The van der Waals surface area contributed by atoms with Crippen molar-refractivity contribution in [2.75, 3.05) is 19.8 Å². The number of amides is 1. The van der Waals surface area contributed by atoms with E-state index >= 15 is 0 Å². The van der Waals surface area contributed by atoms with Crippen LogP contribution < -0.4 is 14.8 Å². The van der Waals surface area contributed by atoms with E-state index in [1.54, 1.807) is 12.1 Å². The van der Waals surface area contributed by atoms with Gasteiger partial charge in [-0.25, -0.2) is 4.39 Å². The summed E-state index contributed by atoms with van der Waals surface area (Å²) >= 11 is 0. The molecule has 0 saturated carbocycles. The molecule has 6 heteroatoms. The van der Waals surface area contributed by atoms with Crippen LogP contribution in [0.5, 0.6) is 11.5 Å². The minimum Gasteiger partial charge on any atom is -0.490 e. The zero-order valence-corrected chi connectivity index (χ0v) is 15.5. The van der Waals surface area contributed by atoms with Gasteiger partial charge in [-0.2, -0.15) is 0 Å². The van der Waals surface area contributed by atoms with Gasteiger partial charge in [0.15, 0.2) is 11.5 Å². The summed E-state index contributed by atoms with van der Waals surface area (Å²) in [6, 6.07) is 11.8. The minimum atomic E-state index is -0.325. The summed E-state index contributed by atoms with van der Waals surface area (Å²) in [4.78, 5) is 15.3. The molecule has 27 heavy (non-hydrogen) atoms. The second-order valence-electron chi connectivity index (χ2n) is 6.07. The van der Waals surface area contributed by atoms with Gasteiger partial charge in [0.05, 0.1) is 13.2 Å². The first-order chi connectivity index (χ1) is 13.1. The Balaban J connectivity index is 1.61. The number of aromatic nitrogens is 1. The number of aromatic amines is 1. The second-order valence-corrected chi connectivity index (χ2v) is 6.07. The highest BCUT2D eigenvalue weighted by Crippen LogP contribution is 2.28. The Morgan fingerprint density at radius 2 is 1.81 bits per heavy atom. The number of benzene rings is 2. The van der Waals surface area contributed by atoms with E-state index in [9.17, 15) is 9.18 Å². The molecule has 0 spiro atoms. The third-order valence-corrected chi connectivity index (χ3v) is 4.13. The van der Waals surface area contributed by atoms with Gasteiger partial charge in [0.1, 0.15) is 11.5 Å². The summed E-state index contributed by atoms with van der Waals surface area (Å²) in [5.74, 6) is 0.884. The first-order valence-corrected chi connectivity index (χ1v) is 9.05. The van der Waals surface area contributed by atoms with E-state index in [1.165, 1.54) is 12.1 Å². The topological polar surface area (TPSA) is 63.3 Å². The number of rotatable bonds is 8. The van der Waals surface area contributed by atoms with Crippen LogP contribution >= 0.6 is 0 Å². The van der Waals surface area contributed by atoms with Crippen molar-refractivity contribution in [1.29, 1.82) is 0 Å². The van der Waals surface area contributed by atoms with Crippen molar-refractivity contribution in [2.24, 2.45) is 0 Å². The zero-order valence-electron chi connectivity index (χ0n) is 15.5. The Kier molecular flexibility index (Phi) is 5.96. The number of ether oxygens (including phenoxy) is 2. The molecule has 142 valence electrons. The summed E-state index contributed by atoms with van der Waals surface area (Å²) < 4.78 is 24.4. The number of fused-ring (bicyclic) bond motifs is 1. The summed E-state index contributed by atoms with van der Waals surface area (Å²) in [5, 5.41) is 3.55. The average Bonchev–Trinajstić information content (AvgIpc) is 3.07. The number of halogens is 1. The normalized spacial score (nSPS) is 10.8. The van der Waals surface area contributed by atoms with Crippen LogP contribution in [0.1, 0.15) is 29.9 Å². The molecule has 0 saturated heterocycles. The highest BCUT2D eigenvalue weighted by molar-refractivity contribution is 5.98. The second kappa shape index (κ2) is 8.58. The molecular weight excluding hydrogens is 347 g/mol. The van der Waals surface area contributed by atoms with Crippen molar-refractivity contribution in [3.05, 3.63) is 59.5 Å². The quantitative estimate of drug-likeness (QED) is 0.628. The predicted molar refractivity (Wildman–Crippen MR) is 103 cm³/mol. The van der Waals surface area contributed by atoms with Crippen LogP contribution in [0.4, 0.5) is 4.39 Å². The molecular formula is C21H23FN2O3. The van der Waals surface area contributed by atoms with E-state index in [0.29, 0.717) is 43.0 Å². The molecule has 5 nitrogen and oxygen atoms in total. The standard InChI is InChI=1S/C21H23FN2O3/c1-3-26-19-8-5-14(11-20(19)27-4-2)9-10-23-21(25)18-13-15-12-16(22)6-7-17(15)24-18/h5-8,11-13,24H,3-4,9-10H2,1-2H3,(H,23,25). The van der Waals surface area contributed by atoms with E-state index < -0.39 is 0 Å². The van der Waals surface area contributed by atoms with Crippen LogP contribution in [0, 0.1) is 5.82 Å². The Morgan fingerprint density at radius 3 is 2.59 bits per heavy atom. The van der Waals surface area contributed by atoms with E-state index in [1.807, 2.05) is 32.0 Å². The van der Waals surface area contributed by atoms with Gasteiger partial charge < -0.3 is 19.8 Å². The lowest BCUT2D eigenvalue weighted by Gasteiger charge is -2.12. The first-order valence-electron chi connectivity index (χ1n) is 9.05. The molecule has 1 aromatic heterocycles. The summed E-state index contributed by atoms with van der Waals surface area (Å²) in [6.45, 7) is 5.46. The van der Waals surface area contributed by atoms with E-state index in [4.69, 9.17) is 9.47 Å². The molecule has 0 fully saturated rings. The fraction of sp³-hybridized carbons (Fsp3) is 0.286. The van der Waals surface area contributed by atoms with Gasteiger partial charge in [-0.1, -0.05) is 6.07 Å². The van der Waals surface area contributed by atoms with Gasteiger partial charge in [0.25, 0.3) is 5.91 Å². The maximum atomic E-state index is 13.3. The molecule has 0 bridgehead atoms. The number of hydrogen-bond acceptors (Lipinski definition) is 3. The van der Waals surface area contributed by atoms with Crippen LogP contribution in [-0.4, -0.2) is 30.6 Å². The number of hydrogen-bond donors (Lipinski definition) is 2. The number of nitrogens with one attached hydrogen (secondary N) is 2. The fourth-order valence-electron chi connectivity index (χ4n) is 2.89. The van der Waals surface area contributed by atoms with Crippen LogP contribution in [0.2, 0.25) is 0 Å². The Morgan fingerprint density at radius 1 is 1.04 bits per heavy atom. The number of carbonyl (C=O) groups is 1. The molecule has 0 aliphatic carbocycles. The van der Waals surface area contributed by atoms with Crippen molar-refractivity contribution in [3.8, 4) is 11.5 Å². The molecule has 3 aromatic rings. The molecule has 0 aliphatic heterocycles. The zero-order chi connectivity index (χ0) is 19.2. The van der Waals surface area contributed by atoms with Gasteiger partial charge in [0.2, 0.25) is 0 Å². The molecule has 0 unspecified atom stereocenters. The maximum Gasteiger partial charge on any atom is 0.267 e. The Bertz CT molecular complexity index is 936. The van der Waals surface area contributed by atoms with Gasteiger partial charge in [-0.15, -0.1) is 0 Å². The van der Waals surface area contributed by atoms with Crippen molar-refractivity contribution in [2.45, 2.75) is 20.3 Å². The number of carbonyl (C=O) groups excluding carboxylic acids is 1. The van der Waals surface area contributed by atoms with Gasteiger partial charge in [0, 0.05) is 17.4 Å². The first kappa shape index (κ1) is 18.8. The smallest absolute Gasteiger partial charge is 0.267 e. The van der Waals surface area contributed by atoms with E-state index in [-0.39, 0.29) is 11.7 Å². The SMILES string of the molecule is CCOc1ccc(CCNC(=O)c2cc3cc(F)ccc3[nH]2)cc1OCC. The fourth-order valence-corrected chi connectivity index (χ4v) is 2.89. The lowest BCUT2D eigenvalue weighted by atomic mass is 10.1. The largest absolute Gasteiger partial charge is 0.490 e. The van der Waals surface area contributed by atoms with Gasteiger partial charge >= 0.3 is 0 Å². The van der Waals surface area contributed by atoms with Crippen LogP contribution in [-0.2, 0) is 6.42 Å². The van der Waals surface area contributed by atoms with Gasteiger partial charge in [-0.05, 0) is 62.2 Å². The third-order valence-electron chi connectivity index (χ3n) is 4.13.